The van der Waals surface area contributed by atoms with Crippen molar-refractivity contribution >= 4 is 5.78 Å². The molecule has 1 heterocycles. The summed E-state index contributed by atoms with van der Waals surface area (Å²) < 4.78 is 0. The van der Waals surface area contributed by atoms with Crippen LogP contribution in [-0.4, -0.2) is 41.5 Å². The molecule has 1 aliphatic heterocycles. The van der Waals surface area contributed by atoms with Crippen molar-refractivity contribution in [3.8, 4) is 0 Å². The Balaban J connectivity index is 1.79. The van der Waals surface area contributed by atoms with E-state index in [0.29, 0.717) is 12.3 Å². The predicted molar refractivity (Wildman–Crippen MR) is 81.0 cm³/mol. The molecule has 1 unspecified atom stereocenters. The van der Waals surface area contributed by atoms with E-state index in [2.05, 4.69) is 4.90 Å². The van der Waals surface area contributed by atoms with Crippen LogP contribution in [0.15, 0.2) is 24.3 Å². The van der Waals surface area contributed by atoms with Crippen molar-refractivity contribution in [2.24, 2.45) is 5.92 Å². The number of Topliss-reactive ketones (excluding diaryl/α,β-unsaturated/α-hetero) is 1. The van der Waals surface area contributed by atoms with Crippen LogP contribution in [0.4, 0.5) is 0 Å². The lowest BCUT2D eigenvalue weighted by atomic mass is 9.92. The molecule has 2 rings (SSSR count). The topological polar surface area (TPSA) is 40.5 Å². The van der Waals surface area contributed by atoms with Crippen molar-refractivity contribution in [3.63, 3.8) is 0 Å². The molecule has 3 nitrogen and oxygen atoms in total. The van der Waals surface area contributed by atoms with Gasteiger partial charge in [-0.2, -0.15) is 0 Å². The van der Waals surface area contributed by atoms with Crippen LogP contribution < -0.4 is 0 Å². The second kappa shape index (κ2) is 7.00. The predicted octanol–water partition coefficient (Wildman–Crippen LogP) is 2.66. The molecule has 1 aromatic rings. The number of likely N-dealkylation sites (tertiary alicyclic amines) is 1. The third-order valence-electron chi connectivity index (χ3n) is 4.42. The van der Waals surface area contributed by atoms with Gasteiger partial charge in [-0.05, 0) is 51.3 Å². The van der Waals surface area contributed by atoms with E-state index in [9.17, 15) is 9.90 Å². The van der Waals surface area contributed by atoms with Crippen LogP contribution in [0.2, 0.25) is 0 Å². The first-order valence-corrected chi connectivity index (χ1v) is 7.57. The average Bonchev–Trinajstić information content (AvgIpc) is 2.45. The molecule has 0 radical (unpaired) electrons. The fourth-order valence-corrected chi connectivity index (χ4v) is 2.94. The number of piperidine rings is 1. The molecule has 1 saturated heterocycles. The SMILES string of the molecule is Cc1ccccc1C(=O)CCN1CCC(C(C)O)CC1. The lowest BCUT2D eigenvalue weighted by Gasteiger charge is -2.33. The molecule has 0 amide bonds. The van der Waals surface area contributed by atoms with Crippen LogP contribution in [0, 0.1) is 12.8 Å². The monoisotopic (exact) mass is 275 g/mol. The first-order valence-electron chi connectivity index (χ1n) is 7.57. The van der Waals surface area contributed by atoms with Crippen molar-refractivity contribution in [3.05, 3.63) is 35.4 Å². The number of aliphatic hydroxyl groups is 1. The van der Waals surface area contributed by atoms with Crippen molar-refractivity contribution in [1.29, 1.82) is 0 Å². The van der Waals surface area contributed by atoms with Crippen LogP contribution in [0.3, 0.4) is 0 Å². The van der Waals surface area contributed by atoms with Gasteiger partial charge >= 0.3 is 0 Å². The Morgan fingerprint density at radius 2 is 2.00 bits per heavy atom. The fourth-order valence-electron chi connectivity index (χ4n) is 2.94. The van der Waals surface area contributed by atoms with E-state index in [0.717, 1.165) is 43.6 Å². The minimum absolute atomic E-state index is 0.203. The smallest absolute Gasteiger partial charge is 0.164 e. The van der Waals surface area contributed by atoms with Gasteiger partial charge in [0.15, 0.2) is 5.78 Å². The molecule has 0 aliphatic carbocycles. The van der Waals surface area contributed by atoms with Gasteiger partial charge in [0.1, 0.15) is 0 Å². The Hall–Kier alpha value is -1.19. The highest BCUT2D eigenvalue weighted by Gasteiger charge is 2.22. The zero-order valence-corrected chi connectivity index (χ0v) is 12.5. The third-order valence-corrected chi connectivity index (χ3v) is 4.42. The Morgan fingerprint density at radius 3 is 2.60 bits per heavy atom. The normalized spacial score (nSPS) is 18.9. The number of hydrogen-bond donors (Lipinski definition) is 1. The van der Waals surface area contributed by atoms with Crippen molar-refractivity contribution < 1.29 is 9.90 Å². The van der Waals surface area contributed by atoms with Crippen LogP contribution >= 0.6 is 0 Å². The maximum Gasteiger partial charge on any atom is 0.164 e. The van der Waals surface area contributed by atoms with Gasteiger partial charge < -0.3 is 10.0 Å². The number of aryl methyl sites for hydroxylation is 1. The highest BCUT2D eigenvalue weighted by Crippen LogP contribution is 2.21. The number of carbonyl (C=O) groups excluding carboxylic acids is 1. The van der Waals surface area contributed by atoms with Gasteiger partial charge in [-0.3, -0.25) is 4.79 Å². The Kier molecular flexibility index (Phi) is 5.32. The number of rotatable bonds is 5. The van der Waals surface area contributed by atoms with Crippen LogP contribution in [0.1, 0.15) is 42.1 Å². The van der Waals surface area contributed by atoms with Crippen LogP contribution in [0.5, 0.6) is 0 Å². The summed E-state index contributed by atoms with van der Waals surface area (Å²) >= 11 is 0. The van der Waals surface area contributed by atoms with E-state index in [1.807, 2.05) is 38.1 Å². The molecule has 110 valence electrons. The summed E-state index contributed by atoms with van der Waals surface area (Å²) in [6.45, 7) is 6.69. The third kappa shape index (κ3) is 3.90. The average molecular weight is 275 g/mol. The first kappa shape index (κ1) is 15.2. The first-order chi connectivity index (χ1) is 9.58. The fraction of sp³-hybridized carbons (Fsp3) is 0.588. The molecule has 3 heteroatoms. The Morgan fingerprint density at radius 1 is 1.35 bits per heavy atom. The summed E-state index contributed by atoms with van der Waals surface area (Å²) in [5.41, 5.74) is 1.91. The number of ketones is 1. The molecule has 0 bridgehead atoms. The maximum atomic E-state index is 12.2. The van der Waals surface area contributed by atoms with Gasteiger partial charge in [-0.15, -0.1) is 0 Å². The Labute approximate surface area is 121 Å². The minimum atomic E-state index is -0.203. The van der Waals surface area contributed by atoms with E-state index >= 15 is 0 Å². The lowest BCUT2D eigenvalue weighted by molar-refractivity contribution is 0.0693. The second-order valence-corrected chi connectivity index (χ2v) is 5.91. The number of nitrogens with zero attached hydrogens (tertiary/aromatic N) is 1. The summed E-state index contributed by atoms with van der Waals surface area (Å²) in [6.07, 6.45) is 2.46. The highest BCUT2D eigenvalue weighted by molar-refractivity contribution is 5.97. The van der Waals surface area contributed by atoms with Crippen molar-refractivity contribution in [2.75, 3.05) is 19.6 Å². The molecule has 0 spiro atoms. The van der Waals surface area contributed by atoms with E-state index < -0.39 is 0 Å². The summed E-state index contributed by atoms with van der Waals surface area (Å²) in [5.74, 6) is 0.666. The molecule has 20 heavy (non-hydrogen) atoms. The van der Waals surface area contributed by atoms with Crippen LogP contribution in [-0.2, 0) is 0 Å². The van der Waals surface area contributed by atoms with Gasteiger partial charge in [-0.1, -0.05) is 24.3 Å². The Bertz CT molecular complexity index is 448. The summed E-state index contributed by atoms with van der Waals surface area (Å²) in [5, 5.41) is 9.59. The molecule has 1 atom stereocenters. The number of hydrogen-bond acceptors (Lipinski definition) is 3. The molecule has 1 fully saturated rings. The largest absolute Gasteiger partial charge is 0.393 e. The number of carbonyl (C=O) groups is 1. The summed E-state index contributed by atoms with van der Waals surface area (Å²) in [7, 11) is 0. The van der Waals surface area contributed by atoms with Gasteiger partial charge in [0.2, 0.25) is 0 Å². The molecular weight excluding hydrogens is 250 g/mol. The van der Waals surface area contributed by atoms with E-state index in [4.69, 9.17) is 0 Å². The van der Waals surface area contributed by atoms with Gasteiger partial charge in [0.05, 0.1) is 6.10 Å². The van der Waals surface area contributed by atoms with Gasteiger partial charge in [0, 0.05) is 18.5 Å². The van der Waals surface area contributed by atoms with E-state index in [1.165, 1.54) is 0 Å². The zero-order valence-electron chi connectivity index (χ0n) is 12.5. The summed E-state index contributed by atoms with van der Waals surface area (Å²) in [6, 6.07) is 7.79. The quantitative estimate of drug-likeness (QED) is 0.840. The maximum absolute atomic E-state index is 12.2. The van der Waals surface area contributed by atoms with Crippen molar-refractivity contribution in [2.45, 2.75) is 39.2 Å². The standard InChI is InChI=1S/C17H25NO2/c1-13-5-3-4-6-16(13)17(20)9-12-18-10-7-15(8-11-18)14(2)19/h3-6,14-15,19H,7-12H2,1-2H3. The molecular formula is C17H25NO2. The summed E-state index contributed by atoms with van der Waals surface area (Å²) in [4.78, 5) is 14.6. The lowest BCUT2D eigenvalue weighted by Crippen LogP contribution is -2.38. The molecule has 1 aliphatic rings. The molecule has 0 aromatic heterocycles. The second-order valence-electron chi connectivity index (χ2n) is 5.91. The number of aliphatic hydroxyl groups excluding tert-OH is 1. The van der Waals surface area contributed by atoms with Gasteiger partial charge in [0.25, 0.3) is 0 Å². The van der Waals surface area contributed by atoms with E-state index in [-0.39, 0.29) is 11.9 Å². The molecule has 1 aromatic carbocycles. The zero-order chi connectivity index (χ0) is 14.5. The minimum Gasteiger partial charge on any atom is -0.393 e. The molecule has 0 saturated carbocycles. The number of benzene rings is 1. The highest BCUT2D eigenvalue weighted by atomic mass is 16.3. The molecule has 1 N–H and O–H groups in total. The van der Waals surface area contributed by atoms with Crippen LogP contribution in [0.25, 0.3) is 0 Å². The van der Waals surface area contributed by atoms with Crippen molar-refractivity contribution in [1.82, 2.24) is 4.90 Å². The van der Waals surface area contributed by atoms with Gasteiger partial charge in [-0.25, -0.2) is 0 Å². The van der Waals surface area contributed by atoms with E-state index in [1.54, 1.807) is 0 Å².